The van der Waals surface area contributed by atoms with Crippen molar-refractivity contribution in [3.8, 4) is 0 Å². The quantitative estimate of drug-likeness (QED) is 0.837. The summed E-state index contributed by atoms with van der Waals surface area (Å²) in [5.74, 6) is -0.341. The molecule has 0 aliphatic carbocycles. The van der Waals surface area contributed by atoms with Crippen LogP contribution in [0.15, 0.2) is 18.2 Å². The van der Waals surface area contributed by atoms with E-state index >= 15 is 0 Å². The van der Waals surface area contributed by atoms with Crippen molar-refractivity contribution in [3.05, 3.63) is 34.6 Å². The molecule has 0 amide bonds. The molecule has 0 aliphatic rings. The third kappa shape index (κ3) is 2.73. The lowest BCUT2D eigenvalue weighted by Crippen LogP contribution is -2.36. The van der Waals surface area contributed by atoms with E-state index in [0.29, 0.717) is 30.0 Å². The van der Waals surface area contributed by atoms with Crippen LogP contribution in [-0.4, -0.2) is 18.3 Å². The van der Waals surface area contributed by atoms with Gasteiger partial charge in [-0.05, 0) is 25.0 Å². The number of hydrogen-bond acceptors (Lipinski definition) is 2. The molecule has 0 heterocycles. The first-order valence-corrected chi connectivity index (χ1v) is 5.70. The summed E-state index contributed by atoms with van der Waals surface area (Å²) in [6.07, 6.45) is 1.05. The third-order valence-corrected chi connectivity index (χ3v) is 3.49. The molecule has 1 atom stereocenters. The normalized spacial score (nSPS) is 14.8. The van der Waals surface area contributed by atoms with Gasteiger partial charge in [0.05, 0.1) is 6.61 Å². The van der Waals surface area contributed by atoms with Crippen molar-refractivity contribution in [1.82, 2.24) is 0 Å². The summed E-state index contributed by atoms with van der Waals surface area (Å²) in [4.78, 5) is 0. The summed E-state index contributed by atoms with van der Waals surface area (Å²) in [6.45, 7) is 2.17. The van der Waals surface area contributed by atoms with Gasteiger partial charge in [-0.1, -0.05) is 24.6 Å². The maximum Gasteiger partial charge on any atom is 0.127 e. The molecule has 2 nitrogen and oxygen atoms in total. The summed E-state index contributed by atoms with van der Waals surface area (Å²) in [5, 5.41) is 9.76. The molecule has 4 heteroatoms. The standard InChI is InChI=1S/C12H17ClFNO/c1-2-12(7-15,8-16)6-9-10(13)4-3-5-11(9)14/h3-5,16H,2,6-8,15H2,1H3. The van der Waals surface area contributed by atoms with Crippen LogP contribution in [0.4, 0.5) is 4.39 Å². The first kappa shape index (κ1) is 13.4. The number of benzene rings is 1. The van der Waals surface area contributed by atoms with Gasteiger partial charge in [-0.3, -0.25) is 0 Å². The summed E-state index contributed by atoms with van der Waals surface area (Å²) in [5.41, 5.74) is 5.61. The topological polar surface area (TPSA) is 46.2 Å². The SMILES string of the molecule is CCC(CN)(CO)Cc1c(F)cccc1Cl. The Bertz CT molecular complexity index is 324. The van der Waals surface area contributed by atoms with Gasteiger partial charge in [0, 0.05) is 22.5 Å². The molecule has 16 heavy (non-hydrogen) atoms. The minimum absolute atomic E-state index is 0.0648. The zero-order valence-electron chi connectivity index (χ0n) is 9.34. The van der Waals surface area contributed by atoms with Crippen LogP contribution in [0.5, 0.6) is 0 Å². The van der Waals surface area contributed by atoms with Crippen LogP contribution in [0, 0.1) is 11.2 Å². The Morgan fingerprint density at radius 1 is 1.50 bits per heavy atom. The molecule has 1 aromatic carbocycles. The van der Waals surface area contributed by atoms with Crippen LogP contribution in [0.25, 0.3) is 0 Å². The lowest BCUT2D eigenvalue weighted by atomic mass is 9.80. The number of nitrogens with two attached hydrogens (primary N) is 1. The average molecular weight is 246 g/mol. The first-order valence-electron chi connectivity index (χ1n) is 5.32. The fourth-order valence-corrected chi connectivity index (χ4v) is 1.88. The average Bonchev–Trinajstić information content (AvgIpc) is 2.30. The molecule has 1 aromatic rings. The second-order valence-electron chi connectivity index (χ2n) is 4.09. The number of halogens is 2. The molecule has 0 aliphatic heterocycles. The highest BCUT2D eigenvalue weighted by molar-refractivity contribution is 6.31. The Hall–Kier alpha value is -0.640. The molecule has 1 unspecified atom stereocenters. The predicted molar refractivity (Wildman–Crippen MR) is 64.0 cm³/mol. The molecule has 1 rings (SSSR count). The molecule has 0 aromatic heterocycles. The monoisotopic (exact) mass is 245 g/mol. The van der Waals surface area contributed by atoms with Gasteiger partial charge in [-0.25, -0.2) is 4.39 Å². The predicted octanol–water partition coefficient (Wildman–Crippen LogP) is 2.37. The summed E-state index contributed by atoms with van der Waals surface area (Å²) in [7, 11) is 0. The van der Waals surface area contributed by atoms with Gasteiger partial charge in [0.15, 0.2) is 0 Å². The van der Waals surface area contributed by atoms with Gasteiger partial charge in [0.25, 0.3) is 0 Å². The Kier molecular flexibility index (Phi) is 4.71. The van der Waals surface area contributed by atoms with E-state index in [4.69, 9.17) is 17.3 Å². The highest BCUT2D eigenvalue weighted by Gasteiger charge is 2.28. The van der Waals surface area contributed by atoms with Crippen LogP contribution in [0.3, 0.4) is 0 Å². The van der Waals surface area contributed by atoms with E-state index in [1.165, 1.54) is 6.07 Å². The van der Waals surface area contributed by atoms with Gasteiger partial charge < -0.3 is 10.8 Å². The van der Waals surface area contributed by atoms with Crippen molar-refractivity contribution in [2.45, 2.75) is 19.8 Å². The summed E-state index contributed by atoms with van der Waals surface area (Å²) < 4.78 is 13.6. The van der Waals surface area contributed by atoms with E-state index in [1.54, 1.807) is 12.1 Å². The molecule has 0 radical (unpaired) electrons. The molecule has 0 bridgehead atoms. The number of rotatable bonds is 5. The van der Waals surface area contributed by atoms with Crippen molar-refractivity contribution in [2.24, 2.45) is 11.1 Å². The maximum atomic E-state index is 13.6. The minimum Gasteiger partial charge on any atom is -0.396 e. The summed E-state index contributed by atoms with van der Waals surface area (Å²) in [6, 6.07) is 4.58. The van der Waals surface area contributed by atoms with Crippen molar-refractivity contribution in [2.75, 3.05) is 13.2 Å². The van der Waals surface area contributed by atoms with Crippen LogP contribution in [0.1, 0.15) is 18.9 Å². The maximum absolute atomic E-state index is 13.6. The number of aliphatic hydroxyl groups is 1. The largest absolute Gasteiger partial charge is 0.396 e. The Balaban J connectivity index is 3.02. The van der Waals surface area contributed by atoms with Gasteiger partial charge in [-0.15, -0.1) is 0 Å². The van der Waals surface area contributed by atoms with Crippen molar-refractivity contribution in [3.63, 3.8) is 0 Å². The van der Waals surface area contributed by atoms with Crippen LogP contribution >= 0.6 is 11.6 Å². The zero-order chi connectivity index (χ0) is 12.2. The van der Waals surface area contributed by atoms with Crippen molar-refractivity contribution >= 4 is 11.6 Å². The molecule has 0 fully saturated rings. The van der Waals surface area contributed by atoms with Gasteiger partial charge in [0.2, 0.25) is 0 Å². The molecular formula is C12H17ClFNO. The van der Waals surface area contributed by atoms with Crippen LogP contribution < -0.4 is 5.73 Å². The lowest BCUT2D eigenvalue weighted by molar-refractivity contribution is 0.126. The Morgan fingerprint density at radius 3 is 2.62 bits per heavy atom. The molecule has 0 saturated carbocycles. The highest BCUT2D eigenvalue weighted by Crippen LogP contribution is 2.30. The fraction of sp³-hybridized carbons (Fsp3) is 0.500. The molecule has 0 spiro atoms. The van der Waals surface area contributed by atoms with Gasteiger partial charge in [0.1, 0.15) is 5.82 Å². The smallest absolute Gasteiger partial charge is 0.127 e. The third-order valence-electron chi connectivity index (χ3n) is 3.13. The van der Waals surface area contributed by atoms with E-state index in [-0.39, 0.29) is 12.4 Å². The van der Waals surface area contributed by atoms with E-state index in [2.05, 4.69) is 0 Å². The highest BCUT2D eigenvalue weighted by atomic mass is 35.5. The van der Waals surface area contributed by atoms with Crippen molar-refractivity contribution in [1.29, 1.82) is 0 Å². The van der Waals surface area contributed by atoms with E-state index in [9.17, 15) is 9.50 Å². The first-order chi connectivity index (χ1) is 7.58. The fourth-order valence-electron chi connectivity index (χ4n) is 1.65. The molecule has 3 N–H and O–H groups in total. The second kappa shape index (κ2) is 5.62. The zero-order valence-corrected chi connectivity index (χ0v) is 10.1. The van der Waals surface area contributed by atoms with Gasteiger partial charge in [-0.2, -0.15) is 0 Å². The van der Waals surface area contributed by atoms with E-state index < -0.39 is 5.41 Å². The van der Waals surface area contributed by atoms with Gasteiger partial charge >= 0.3 is 0 Å². The minimum atomic E-state index is -0.480. The molecule has 90 valence electrons. The number of hydrogen-bond donors (Lipinski definition) is 2. The molecule has 0 saturated heterocycles. The van der Waals surface area contributed by atoms with E-state index in [0.717, 1.165) is 0 Å². The molecular weight excluding hydrogens is 229 g/mol. The van der Waals surface area contributed by atoms with Crippen LogP contribution in [-0.2, 0) is 6.42 Å². The van der Waals surface area contributed by atoms with E-state index in [1.807, 2.05) is 6.92 Å². The van der Waals surface area contributed by atoms with Crippen LogP contribution in [0.2, 0.25) is 5.02 Å². The summed E-state index contributed by atoms with van der Waals surface area (Å²) >= 11 is 5.94. The van der Waals surface area contributed by atoms with Crippen molar-refractivity contribution < 1.29 is 9.50 Å². The lowest BCUT2D eigenvalue weighted by Gasteiger charge is -2.29. The Morgan fingerprint density at radius 2 is 2.19 bits per heavy atom. The number of aliphatic hydroxyl groups excluding tert-OH is 1. The second-order valence-corrected chi connectivity index (χ2v) is 4.50. The Labute approximate surface area is 100 Å².